The molecule has 0 aliphatic rings. The van der Waals surface area contributed by atoms with Gasteiger partial charge in [-0.15, -0.1) is 11.3 Å². The Morgan fingerprint density at radius 3 is 2.58 bits per heavy atom. The third kappa shape index (κ3) is 2.65. The number of benzene rings is 1. The van der Waals surface area contributed by atoms with Gasteiger partial charge in [0.1, 0.15) is 4.88 Å². The molecule has 0 atom stereocenters. The second-order valence-corrected chi connectivity index (χ2v) is 6.66. The fourth-order valence-corrected chi connectivity index (χ4v) is 3.10. The Balaban J connectivity index is 2.69. The summed E-state index contributed by atoms with van der Waals surface area (Å²) in [6.07, 6.45) is 0. The average Bonchev–Trinajstić information content (AvgIpc) is 2.67. The molecule has 0 aliphatic heterocycles. The molecule has 0 radical (unpaired) electrons. The van der Waals surface area contributed by atoms with E-state index in [0.29, 0.717) is 11.5 Å². The van der Waals surface area contributed by atoms with Crippen LogP contribution in [-0.4, -0.2) is 18.2 Å². The highest BCUT2D eigenvalue weighted by Crippen LogP contribution is 2.35. The molecule has 0 bridgehead atoms. The highest BCUT2D eigenvalue weighted by molar-refractivity contribution is 7.21. The Bertz CT molecular complexity index is 620. The van der Waals surface area contributed by atoms with Crippen LogP contribution in [0.2, 0.25) is 0 Å². The van der Waals surface area contributed by atoms with Gasteiger partial charge in [-0.1, -0.05) is 26.8 Å². The number of thiophene rings is 1. The summed E-state index contributed by atoms with van der Waals surface area (Å²) in [5.41, 5.74) is 2.03. The predicted molar refractivity (Wildman–Crippen MR) is 78.2 cm³/mol. The normalized spacial score (nSPS) is 12.0. The number of fused-ring (bicyclic) bond motifs is 1. The number of carbonyl (C=O) groups is 1. The fraction of sp³-hybridized carbons (Fsp3) is 0.400. The van der Waals surface area contributed by atoms with Gasteiger partial charge in [-0.25, -0.2) is 4.79 Å². The smallest absolute Gasteiger partial charge is 0.346 e. The molecule has 4 heteroatoms. The molecule has 2 aromatic rings. The SMILES string of the molecule is COCc1c(C(=O)O)sc2ccc(C(C)(C)C)cc12. The summed E-state index contributed by atoms with van der Waals surface area (Å²) in [6.45, 7) is 6.77. The Hall–Kier alpha value is -1.39. The molecule has 0 spiro atoms. The van der Waals surface area contributed by atoms with Crippen LogP contribution in [0.5, 0.6) is 0 Å². The van der Waals surface area contributed by atoms with E-state index >= 15 is 0 Å². The number of hydrogen-bond donors (Lipinski definition) is 1. The second kappa shape index (κ2) is 4.94. The van der Waals surface area contributed by atoms with Gasteiger partial charge in [0.05, 0.1) is 6.61 Å². The molecule has 0 fully saturated rings. The van der Waals surface area contributed by atoms with E-state index in [2.05, 4.69) is 32.9 Å². The van der Waals surface area contributed by atoms with Gasteiger partial charge >= 0.3 is 5.97 Å². The lowest BCUT2D eigenvalue weighted by molar-refractivity contribution is 0.0698. The van der Waals surface area contributed by atoms with Crippen molar-refractivity contribution in [3.05, 3.63) is 34.2 Å². The Labute approximate surface area is 116 Å². The molecule has 0 saturated carbocycles. The quantitative estimate of drug-likeness (QED) is 0.921. The second-order valence-electron chi connectivity index (χ2n) is 5.61. The van der Waals surface area contributed by atoms with E-state index < -0.39 is 5.97 Å². The maximum atomic E-state index is 11.3. The molecule has 1 aromatic carbocycles. The van der Waals surface area contributed by atoms with Crippen molar-refractivity contribution in [1.29, 1.82) is 0 Å². The van der Waals surface area contributed by atoms with Crippen molar-refractivity contribution in [2.45, 2.75) is 32.8 Å². The summed E-state index contributed by atoms with van der Waals surface area (Å²) < 4.78 is 6.15. The highest BCUT2D eigenvalue weighted by Gasteiger charge is 2.20. The number of carboxylic acids is 1. The summed E-state index contributed by atoms with van der Waals surface area (Å²) >= 11 is 1.31. The molecule has 19 heavy (non-hydrogen) atoms. The summed E-state index contributed by atoms with van der Waals surface area (Å²) in [7, 11) is 1.59. The van der Waals surface area contributed by atoms with Crippen LogP contribution in [0.1, 0.15) is 41.6 Å². The predicted octanol–water partition coefficient (Wildman–Crippen LogP) is 4.04. The van der Waals surface area contributed by atoms with Gasteiger partial charge in [0.25, 0.3) is 0 Å². The van der Waals surface area contributed by atoms with Crippen molar-refractivity contribution in [1.82, 2.24) is 0 Å². The number of methoxy groups -OCH3 is 1. The van der Waals surface area contributed by atoms with Crippen molar-refractivity contribution in [2.24, 2.45) is 0 Å². The number of rotatable bonds is 3. The first-order chi connectivity index (χ1) is 8.84. The van der Waals surface area contributed by atoms with E-state index in [9.17, 15) is 9.90 Å². The van der Waals surface area contributed by atoms with Crippen LogP contribution in [0.4, 0.5) is 0 Å². The Kier molecular flexibility index (Phi) is 3.65. The van der Waals surface area contributed by atoms with Gasteiger partial charge in [-0.2, -0.15) is 0 Å². The van der Waals surface area contributed by atoms with E-state index in [1.165, 1.54) is 16.9 Å². The molecule has 1 N–H and O–H groups in total. The fourth-order valence-electron chi connectivity index (χ4n) is 2.08. The van der Waals surface area contributed by atoms with Crippen molar-refractivity contribution < 1.29 is 14.6 Å². The molecule has 102 valence electrons. The summed E-state index contributed by atoms with van der Waals surface area (Å²) in [4.78, 5) is 11.7. The summed E-state index contributed by atoms with van der Waals surface area (Å²) in [6, 6.07) is 6.17. The Morgan fingerprint density at radius 2 is 2.05 bits per heavy atom. The summed E-state index contributed by atoms with van der Waals surface area (Å²) in [5.74, 6) is -0.884. The van der Waals surface area contributed by atoms with E-state index in [4.69, 9.17) is 4.74 Å². The zero-order valence-corrected chi connectivity index (χ0v) is 12.4. The van der Waals surface area contributed by atoms with E-state index in [1.54, 1.807) is 7.11 Å². The molecule has 1 heterocycles. The number of aromatic carboxylic acids is 1. The molecular weight excluding hydrogens is 260 g/mol. The molecule has 0 saturated heterocycles. The maximum Gasteiger partial charge on any atom is 0.346 e. The monoisotopic (exact) mass is 278 g/mol. The number of ether oxygens (including phenoxy) is 1. The van der Waals surface area contributed by atoms with Gasteiger partial charge in [0.15, 0.2) is 0 Å². The first-order valence-corrected chi connectivity index (χ1v) is 6.94. The van der Waals surface area contributed by atoms with Gasteiger partial charge in [0, 0.05) is 17.4 Å². The number of carboxylic acid groups (broad SMARTS) is 1. The average molecular weight is 278 g/mol. The zero-order valence-electron chi connectivity index (χ0n) is 11.6. The van der Waals surface area contributed by atoms with Crippen LogP contribution in [0, 0.1) is 0 Å². The molecular formula is C15H18O3S. The molecule has 2 rings (SSSR count). The molecule has 0 aliphatic carbocycles. The third-order valence-electron chi connectivity index (χ3n) is 3.14. The maximum absolute atomic E-state index is 11.3. The van der Waals surface area contributed by atoms with Gasteiger partial charge in [-0.05, 0) is 28.5 Å². The van der Waals surface area contributed by atoms with Crippen molar-refractivity contribution in [2.75, 3.05) is 7.11 Å². The van der Waals surface area contributed by atoms with Crippen LogP contribution in [0.25, 0.3) is 10.1 Å². The van der Waals surface area contributed by atoms with E-state index in [1.807, 2.05) is 6.07 Å². The van der Waals surface area contributed by atoms with Gasteiger partial charge < -0.3 is 9.84 Å². The standard InChI is InChI=1S/C15H18O3S/c1-15(2,3)9-5-6-12-10(7-9)11(8-18-4)13(19-12)14(16)17/h5-7H,8H2,1-4H3,(H,16,17). The van der Waals surface area contributed by atoms with Crippen molar-refractivity contribution in [3.8, 4) is 0 Å². The first kappa shape index (κ1) is 14.0. The van der Waals surface area contributed by atoms with Crippen LogP contribution >= 0.6 is 11.3 Å². The minimum Gasteiger partial charge on any atom is -0.477 e. The highest BCUT2D eigenvalue weighted by atomic mass is 32.1. The zero-order chi connectivity index (χ0) is 14.2. The molecule has 1 aromatic heterocycles. The third-order valence-corrected chi connectivity index (χ3v) is 4.34. The van der Waals surface area contributed by atoms with Crippen LogP contribution in [0.15, 0.2) is 18.2 Å². The van der Waals surface area contributed by atoms with E-state index in [0.717, 1.165) is 15.6 Å². The largest absolute Gasteiger partial charge is 0.477 e. The van der Waals surface area contributed by atoms with Crippen molar-refractivity contribution in [3.63, 3.8) is 0 Å². The van der Waals surface area contributed by atoms with Crippen molar-refractivity contribution >= 4 is 27.4 Å². The van der Waals surface area contributed by atoms with Gasteiger partial charge in [0.2, 0.25) is 0 Å². The lowest BCUT2D eigenvalue weighted by atomic mass is 9.86. The van der Waals surface area contributed by atoms with E-state index in [-0.39, 0.29) is 5.41 Å². The minimum atomic E-state index is -0.884. The first-order valence-electron chi connectivity index (χ1n) is 6.12. The molecule has 0 amide bonds. The van der Waals surface area contributed by atoms with Crippen LogP contribution in [-0.2, 0) is 16.8 Å². The summed E-state index contributed by atoms with van der Waals surface area (Å²) in [5, 5.41) is 10.3. The van der Waals surface area contributed by atoms with Gasteiger partial charge in [-0.3, -0.25) is 0 Å². The Morgan fingerprint density at radius 1 is 1.37 bits per heavy atom. The topological polar surface area (TPSA) is 46.5 Å². The van der Waals surface area contributed by atoms with Crippen LogP contribution < -0.4 is 0 Å². The lowest BCUT2D eigenvalue weighted by Gasteiger charge is -2.19. The minimum absolute atomic E-state index is 0.0455. The number of hydrogen-bond acceptors (Lipinski definition) is 3. The molecule has 0 unspecified atom stereocenters. The lowest BCUT2D eigenvalue weighted by Crippen LogP contribution is -2.10. The molecule has 3 nitrogen and oxygen atoms in total. The van der Waals surface area contributed by atoms with Crippen LogP contribution in [0.3, 0.4) is 0 Å².